The highest BCUT2D eigenvalue weighted by molar-refractivity contribution is 5.91. The molecule has 1 aromatic carbocycles. The van der Waals surface area contributed by atoms with Crippen molar-refractivity contribution in [3.8, 4) is 5.75 Å². The van der Waals surface area contributed by atoms with Crippen LogP contribution in [0.1, 0.15) is 24.8 Å². The molecule has 7 heteroatoms. The summed E-state index contributed by atoms with van der Waals surface area (Å²) in [6.07, 6.45) is 5.01. The molecule has 7 nitrogen and oxygen atoms in total. The van der Waals surface area contributed by atoms with Crippen molar-refractivity contribution in [2.75, 3.05) is 20.3 Å². The SMILES string of the molecule is COc1cccc(/C=C/C(=O)OCC(=O)N2CCCC[C@@H]2C(N)=O)c1. The van der Waals surface area contributed by atoms with Crippen molar-refractivity contribution in [2.24, 2.45) is 5.73 Å². The number of nitrogens with two attached hydrogens (primary N) is 1. The third kappa shape index (κ3) is 5.34. The van der Waals surface area contributed by atoms with E-state index in [-0.39, 0.29) is 0 Å². The van der Waals surface area contributed by atoms with E-state index in [1.54, 1.807) is 31.4 Å². The summed E-state index contributed by atoms with van der Waals surface area (Å²) in [4.78, 5) is 36.8. The van der Waals surface area contributed by atoms with Crippen LogP contribution in [0.25, 0.3) is 6.08 Å². The van der Waals surface area contributed by atoms with E-state index in [0.717, 1.165) is 18.4 Å². The fourth-order valence-corrected chi connectivity index (χ4v) is 2.70. The molecule has 2 N–H and O–H groups in total. The standard InChI is InChI=1S/C18H22N2O5/c1-24-14-6-4-5-13(11-14)8-9-17(22)25-12-16(21)20-10-3-2-7-15(20)18(19)23/h4-6,8-9,11,15H,2-3,7,10,12H2,1H3,(H2,19,23)/b9-8+/t15-/m1/s1. The number of benzene rings is 1. The maximum Gasteiger partial charge on any atom is 0.331 e. The molecule has 0 aromatic heterocycles. The first-order valence-electron chi connectivity index (χ1n) is 8.09. The molecule has 1 saturated heterocycles. The van der Waals surface area contributed by atoms with Crippen molar-refractivity contribution in [2.45, 2.75) is 25.3 Å². The quantitative estimate of drug-likeness (QED) is 0.615. The van der Waals surface area contributed by atoms with Crippen LogP contribution in [-0.2, 0) is 19.1 Å². The van der Waals surface area contributed by atoms with Crippen molar-refractivity contribution >= 4 is 23.9 Å². The number of rotatable bonds is 6. The van der Waals surface area contributed by atoms with Gasteiger partial charge in [-0.05, 0) is 43.0 Å². The van der Waals surface area contributed by atoms with Gasteiger partial charge in [0, 0.05) is 12.6 Å². The third-order valence-corrected chi connectivity index (χ3v) is 4.00. The number of methoxy groups -OCH3 is 1. The largest absolute Gasteiger partial charge is 0.497 e. The first-order valence-corrected chi connectivity index (χ1v) is 8.09. The van der Waals surface area contributed by atoms with Crippen molar-refractivity contribution in [1.82, 2.24) is 4.90 Å². The molecule has 25 heavy (non-hydrogen) atoms. The Morgan fingerprint density at radius 2 is 2.12 bits per heavy atom. The third-order valence-electron chi connectivity index (χ3n) is 4.00. The summed E-state index contributed by atoms with van der Waals surface area (Å²) in [5.41, 5.74) is 6.10. The fourth-order valence-electron chi connectivity index (χ4n) is 2.70. The smallest absolute Gasteiger partial charge is 0.331 e. The summed E-state index contributed by atoms with van der Waals surface area (Å²) in [5, 5.41) is 0. The van der Waals surface area contributed by atoms with Gasteiger partial charge in [0.2, 0.25) is 5.91 Å². The Labute approximate surface area is 146 Å². The van der Waals surface area contributed by atoms with Crippen LogP contribution in [0, 0.1) is 0 Å². The zero-order valence-electron chi connectivity index (χ0n) is 14.1. The van der Waals surface area contributed by atoms with Gasteiger partial charge in [-0.25, -0.2) is 4.79 Å². The van der Waals surface area contributed by atoms with Gasteiger partial charge >= 0.3 is 5.97 Å². The summed E-state index contributed by atoms with van der Waals surface area (Å²) in [6.45, 7) is 0.0364. The lowest BCUT2D eigenvalue weighted by Crippen LogP contribution is -2.51. The van der Waals surface area contributed by atoms with Crippen LogP contribution in [0.2, 0.25) is 0 Å². The normalized spacial score (nSPS) is 17.3. The van der Waals surface area contributed by atoms with Crippen molar-refractivity contribution in [3.05, 3.63) is 35.9 Å². The number of nitrogens with zero attached hydrogens (tertiary/aromatic N) is 1. The minimum Gasteiger partial charge on any atom is -0.497 e. The number of amides is 2. The summed E-state index contributed by atoms with van der Waals surface area (Å²) >= 11 is 0. The Kier molecular flexibility index (Phi) is 6.56. The van der Waals surface area contributed by atoms with Crippen LogP contribution >= 0.6 is 0 Å². The number of ether oxygens (including phenoxy) is 2. The molecule has 1 atom stereocenters. The molecule has 1 heterocycles. The number of piperidine rings is 1. The van der Waals surface area contributed by atoms with E-state index in [1.165, 1.54) is 11.0 Å². The van der Waals surface area contributed by atoms with Crippen molar-refractivity contribution in [3.63, 3.8) is 0 Å². The highest BCUT2D eigenvalue weighted by Gasteiger charge is 2.30. The van der Waals surface area contributed by atoms with Crippen LogP contribution in [0.15, 0.2) is 30.3 Å². The summed E-state index contributed by atoms with van der Waals surface area (Å²) < 4.78 is 10.1. The second kappa shape index (κ2) is 8.86. The number of hydrogen-bond acceptors (Lipinski definition) is 5. The molecule has 0 unspecified atom stereocenters. The first kappa shape index (κ1) is 18.5. The van der Waals surface area contributed by atoms with Gasteiger partial charge in [0.15, 0.2) is 6.61 Å². The fraction of sp³-hybridized carbons (Fsp3) is 0.389. The van der Waals surface area contributed by atoms with Gasteiger partial charge in [-0.15, -0.1) is 0 Å². The van der Waals surface area contributed by atoms with Gasteiger partial charge in [0.1, 0.15) is 11.8 Å². The van der Waals surface area contributed by atoms with Crippen LogP contribution < -0.4 is 10.5 Å². The topological polar surface area (TPSA) is 98.9 Å². The van der Waals surface area contributed by atoms with E-state index >= 15 is 0 Å². The second-order valence-electron chi connectivity index (χ2n) is 5.72. The van der Waals surface area contributed by atoms with E-state index < -0.39 is 30.4 Å². The van der Waals surface area contributed by atoms with Gasteiger partial charge in [-0.3, -0.25) is 9.59 Å². The van der Waals surface area contributed by atoms with Crippen LogP contribution in [0.4, 0.5) is 0 Å². The summed E-state index contributed by atoms with van der Waals surface area (Å²) in [5.74, 6) is -0.902. The maximum absolute atomic E-state index is 12.2. The van der Waals surface area contributed by atoms with E-state index in [1.807, 2.05) is 6.07 Å². The Morgan fingerprint density at radius 3 is 2.84 bits per heavy atom. The highest BCUT2D eigenvalue weighted by atomic mass is 16.5. The molecule has 1 aliphatic heterocycles. The van der Waals surface area contributed by atoms with Gasteiger partial charge in [0.25, 0.3) is 5.91 Å². The summed E-state index contributed by atoms with van der Waals surface area (Å²) in [7, 11) is 1.56. The van der Waals surface area contributed by atoms with Crippen LogP contribution in [-0.4, -0.2) is 49.0 Å². The van der Waals surface area contributed by atoms with E-state index in [2.05, 4.69) is 0 Å². The van der Waals surface area contributed by atoms with Gasteiger partial charge in [-0.2, -0.15) is 0 Å². The Balaban J connectivity index is 1.87. The summed E-state index contributed by atoms with van der Waals surface area (Å²) in [6, 6.07) is 6.55. The minimum atomic E-state index is -0.635. The second-order valence-corrected chi connectivity index (χ2v) is 5.72. The van der Waals surface area contributed by atoms with Gasteiger partial charge in [-0.1, -0.05) is 12.1 Å². The zero-order chi connectivity index (χ0) is 18.2. The average molecular weight is 346 g/mol. The number of hydrogen-bond donors (Lipinski definition) is 1. The predicted molar refractivity (Wildman–Crippen MR) is 91.5 cm³/mol. The number of likely N-dealkylation sites (tertiary alicyclic amines) is 1. The molecule has 0 radical (unpaired) electrons. The molecule has 0 aliphatic carbocycles. The lowest BCUT2D eigenvalue weighted by atomic mass is 10.0. The van der Waals surface area contributed by atoms with Crippen LogP contribution in [0.3, 0.4) is 0 Å². The number of carbonyl (C=O) groups is 3. The number of esters is 1. The van der Waals surface area contributed by atoms with Gasteiger partial charge in [0.05, 0.1) is 7.11 Å². The Bertz CT molecular complexity index is 671. The lowest BCUT2D eigenvalue weighted by Gasteiger charge is -2.33. The molecule has 1 fully saturated rings. The molecule has 0 spiro atoms. The van der Waals surface area contributed by atoms with E-state index in [0.29, 0.717) is 18.7 Å². The molecule has 1 aromatic rings. The van der Waals surface area contributed by atoms with E-state index in [9.17, 15) is 14.4 Å². The van der Waals surface area contributed by atoms with Gasteiger partial charge < -0.3 is 20.1 Å². The molecular weight excluding hydrogens is 324 g/mol. The number of carbonyl (C=O) groups excluding carboxylic acids is 3. The molecule has 0 saturated carbocycles. The predicted octanol–water partition coefficient (Wildman–Crippen LogP) is 1.12. The van der Waals surface area contributed by atoms with Crippen LogP contribution in [0.5, 0.6) is 5.75 Å². The highest BCUT2D eigenvalue weighted by Crippen LogP contribution is 2.17. The lowest BCUT2D eigenvalue weighted by molar-refractivity contribution is -0.151. The molecular formula is C18H22N2O5. The van der Waals surface area contributed by atoms with Crippen molar-refractivity contribution < 1.29 is 23.9 Å². The average Bonchev–Trinajstić information content (AvgIpc) is 2.64. The molecule has 0 bridgehead atoms. The molecule has 1 aliphatic rings. The van der Waals surface area contributed by atoms with E-state index in [4.69, 9.17) is 15.2 Å². The number of primary amides is 1. The molecule has 2 rings (SSSR count). The maximum atomic E-state index is 12.2. The minimum absolute atomic E-state index is 0.411. The zero-order valence-corrected chi connectivity index (χ0v) is 14.1. The van der Waals surface area contributed by atoms with Crippen molar-refractivity contribution in [1.29, 1.82) is 0 Å². The monoisotopic (exact) mass is 346 g/mol. The molecule has 134 valence electrons. The molecule has 2 amide bonds. The Hall–Kier alpha value is -2.83. The first-order chi connectivity index (χ1) is 12.0. The Morgan fingerprint density at radius 1 is 1.32 bits per heavy atom.